The standard InChI is InChI=1S/C13H28N2O/c1-6-12(5,10-14)11(16)15-13(7-2,8-3)9-4/h6-10,14H2,1-5H3,(H,15,16). The van der Waals surface area contributed by atoms with Crippen molar-refractivity contribution in [1.82, 2.24) is 5.32 Å². The number of hydrogen-bond acceptors (Lipinski definition) is 2. The zero-order valence-electron chi connectivity index (χ0n) is 11.5. The van der Waals surface area contributed by atoms with Crippen molar-refractivity contribution in [1.29, 1.82) is 0 Å². The molecule has 0 saturated heterocycles. The van der Waals surface area contributed by atoms with Gasteiger partial charge in [0.15, 0.2) is 0 Å². The van der Waals surface area contributed by atoms with Crippen LogP contribution in [0.15, 0.2) is 0 Å². The van der Waals surface area contributed by atoms with Crippen molar-refractivity contribution in [2.24, 2.45) is 11.1 Å². The lowest BCUT2D eigenvalue weighted by Gasteiger charge is -2.36. The van der Waals surface area contributed by atoms with Gasteiger partial charge < -0.3 is 11.1 Å². The van der Waals surface area contributed by atoms with Crippen molar-refractivity contribution in [2.45, 2.75) is 65.8 Å². The van der Waals surface area contributed by atoms with Crippen molar-refractivity contribution in [3.63, 3.8) is 0 Å². The SMILES string of the molecule is CCC(CC)(CC)NC(=O)C(C)(CC)CN. The van der Waals surface area contributed by atoms with E-state index in [0.717, 1.165) is 25.7 Å². The molecule has 0 heterocycles. The summed E-state index contributed by atoms with van der Waals surface area (Å²) in [5.74, 6) is 0.100. The molecule has 0 radical (unpaired) electrons. The Hall–Kier alpha value is -0.570. The Morgan fingerprint density at radius 2 is 1.50 bits per heavy atom. The van der Waals surface area contributed by atoms with Crippen molar-refractivity contribution >= 4 is 5.91 Å². The van der Waals surface area contributed by atoms with Gasteiger partial charge in [0.25, 0.3) is 0 Å². The monoisotopic (exact) mass is 228 g/mol. The van der Waals surface area contributed by atoms with Crippen LogP contribution in [0.25, 0.3) is 0 Å². The van der Waals surface area contributed by atoms with Crippen LogP contribution in [0.4, 0.5) is 0 Å². The summed E-state index contributed by atoms with van der Waals surface area (Å²) in [5.41, 5.74) is 5.22. The van der Waals surface area contributed by atoms with Gasteiger partial charge in [0, 0.05) is 12.1 Å². The second-order valence-electron chi connectivity index (χ2n) is 4.91. The minimum absolute atomic E-state index is 0.0529. The summed E-state index contributed by atoms with van der Waals surface area (Å²) >= 11 is 0. The van der Waals surface area contributed by atoms with Gasteiger partial charge in [0.1, 0.15) is 0 Å². The molecule has 1 amide bonds. The Morgan fingerprint density at radius 3 is 1.75 bits per heavy atom. The number of nitrogens with two attached hydrogens (primary N) is 1. The maximum absolute atomic E-state index is 12.2. The third-order valence-corrected chi connectivity index (χ3v) is 4.19. The minimum atomic E-state index is -0.426. The van der Waals surface area contributed by atoms with Crippen LogP contribution < -0.4 is 11.1 Å². The lowest BCUT2D eigenvalue weighted by Crippen LogP contribution is -2.54. The Balaban J connectivity index is 4.76. The van der Waals surface area contributed by atoms with Crippen molar-refractivity contribution in [3.05, 3.63) is 0 Å². The quantitative estimate of drug-likeness (QED) is 0.703. The Morgan fingerprint density at radius 1 is 1.06 bits per heavy atom. The van der Waals surface area contributed by atoms with E-state index in [-0.39, 0.29) is 11.4 Å². The van der Waals surface area contributed by atoms with E-state index in [1.165, 1.54) is 0 Å². The van der Waals surface area contributed by atoms with Gasteiger partial charge in [-0.05, 0) is 32.6 Å². The molecule has 3 heteroatoms. The molecule has 0 fully saturated rings. The van der Waals surface area contributed by atoms with Crippen LogP contribution in [-0.4, -0.2) is 18.0 Å². The third-order valence-electron chi connectivity index (χ3n) is 4.19. The lowest BCUT2D eigenvalue weighted by atomic mass is 9.83. The first kappa shape index (κ1) is 15.4. The van der Waals surface area contributed by atoms with E-state index >= 15 is 0 Å². The highest BCUT2D eigenvalue weighted by molar-refractivity contribution is 5.83. The van der Waals surface area contributed by atoms with Gasteiger partial charge in [-0.3, -0.25) is 4.79 Å². The van der Waals surface area contributed by atoms with E-state index in [4.69, 9.17) is 5.73 Å². The molecule has 0 rings (SSSR count). The average molecular weight is 228 g/mol. The van der Waals surface area contributed by atoms with E-state index in [9.17, 15) is 4.79 Å². The van der Waals surface area contributed by atoms with E-state index in [1.807, 2.05) is 13.8 Å². The van der Waals surface area contributed by atoms with Crippen molar-refractivity contribution < 1.29 is 4.79 Å². The Kier molecular flexibility index (Phi) is 6.01. The fraction of sp³-hybridized carbons (Fsp3) is 0.923. The molecule has 0 aliphatic heterocycles. The minimum Gasteiger partial charge on any atom is -0.350 e. The lowest BCUT2D eigenvalue weighted by molar-refractivity contribution is -0.132. The van der Waals surface area contributed by atoms with Crippen LogP contribution in [0, 0.1) is 5.41 Å². The van der Waals surface area contributed by atoms with Gasteiger partial charge in [-0.1, -0.05) is 27.7 Å². The van der Waals surface area contributed by atoms with Gasteiger partial charge in [0.2, 0.25) is 5.91 Å². The van der Waals surface area contributed by atoms with Crippen LogP contribution in [-0.2, 0) is 4.79 Å². The van der Waals surface area contributed by atoms with Gasteiger partial charge in [0.05, 0.1) is 5.41 Å². The number of nitrogens with one attached hydrogen (secondary N) is 1. The predicted octanol–water partition coefficient (Wildman–Crippen LogP) is 2.45. The number of rotatable bonds is 7. The predicted molar refractivity (Wildman–Crippen MR) is 69.2 cm³/mol. The summed E-state index contributed by atoms with van der Waals surface area (Å²) < 4.78 is 0. The summed E-state index contributed by atoms with van der Waals surface area (Å²) in [5, 5.41) is 3.20. The fourth-order valence-corrected chi connectivity index (χ4v) is 1.80. The molecule has 1 atom stereocenters. The van der Waals surface area contributed by atoms with Crippen LogP contribution in [0.2, 0.25) is 0 Å². The first-order valence-corrected chi connectivity index (χ1v) is 6.46. The van der Waals surface area contributed by atoms with E-state index in [2.05, 4.69) is 26.1 Å². The van der Waals surface area contributed by atoms with Gasteiger partial charge in [-0.15, -0.1) is 0 Å². The summed E-state index contributed by atoms with van der Waals surface area (Å²) in [4.78, 5) is 12.2. The third kappa shape index (κ3) is 3.21. The molecule has 0 aromatic carbocycles. The molecule has 0 spiro atoms. The normalized spacial score (nSPS) is 15.6. The number of carbonyl (C=O) groups is 1. The van der Waals surface area contributed by atoms with Crippen LogP contribution >= 0.6 is 0 Å². The first-order valence-electron chi connectivity index (χ1n) is 6.46. The number of hydrogen-bond donors (Lipinski definition) is 2. The zero-order valence-corrected chi connectivity index (χ0v) is 11.5. The van der Waals surface area contributed by atoms with Crippen LogP contribution in [0.3, 0.4) is 0 Å². The highest BCUT2D eigenvalue weighted by atomic mass is 16.2. The number of amides is 1. The molecule has 0 aromatic rings. The second kappa shape index (κ2) is 6.24. The maximum Gasteiger partial charge on any atom is 0.227 e. The van der Waals surface area contributed by atoms with E-state index in [0.29, 0.717) is 6.54 Å². The van der Waals surface area contributed by atoms with Gasteiger partial charge in [-0.2, -0.15) is 0 Å². The highest BCUT2D eigenvalue weighted by Crippen LogP contribution is 2.25. The molecule has 0 aliphatic rings. The van der Waals surface area contributed by atoms with Gasteiger partial charge in [-0.25, -0.2) is 0 Å². The average Bonchev–Trinajstić information content (AvgIpc) is 2.34. The van der Waals surface area contributed by atoms with Crippen LogP contribution in [0.5, 0.6) is 0 Å². The van der Waals surface area contributed by atoms with Gasteiger partial charge >= 0.3 is 0 Å². The molecule has 0 aliphatic carbocycles. The zero-order chi connectivity index (χ0) is 12.8. The second-order valence-corrected chi connectivity index (χ2v) is 4.91. The fourth-order valence-electron chi connectivity index (χ4n) is 1.80. The van der Waals surface area contributed by atoms with Crippen molar-refractivity contribution in [2.75, 3.05) is 6.54 Å². The molecule has 0 aromatic heterocycles. The molecule has 0 bridgehead atoms. The highest BCUT2D eigenvalue weighted by Gasteiger charge is 2.35. The summed E-state index contributed by atoms with van der Waals surface area (Å²) in [6, 6.07) is 0. The van der Waals surface area contributed by atoms with Crippen molar-refractivity contribution in [3.8, 4) is 0 Å². The molecular formula is C13H28N2O. The molecule has 1 unspecified atom stereocenters. The summed E-state index contributed by atoms with van der Waals surface area (Å²) in [6.07, 6.45) is 3.69. The summed E-state index contributed by atoms with van der Waals surface area (Å²) in [6.45, 7) is 10.7. The molecule has 96 valence electrons. The first-order chi connectivity index (χ1) is 7.43. The van der Waals surface area contributed by atoms with E-state index < -0.39 is 5.41 Å². The van der Waals surface area contributed by atoms with E-state index in [1.54, 1.807) is 0 Å². The Bertz CT molecular complexity index is 210. The largest absolute Gasteiger partial charge is 0.350 e. The van der Waals surface area contributed by atoms with Crippen LogP contribution in [0.1, 0.15) is 60.3 Å². The summed E-state index contributed by atoms with van der Waals surface area (Å²) in [7, 11) is 0. The molecule has 3 N–H and O–H groups in total. The Labute approximate surface area is 100 Å². The molecular weight excluding hydrogens is 200 g/mol. The molecule has 16 heavy (non-hydrogen) atoms. The number of carbonyl (C=O) groups excluding carboxylic acids is 1. The molecule has 3 nitrogen and oxygen atoms in total. The molecule has 0 saturated carbocycles. The smallest absolute Gasteiger partial charge is 0.227 e. The topological polar surface area (TPSA) is 55.1 Å². The maximum atomic E-state index is 12.2.